The Kier molecular flexibility index (Phi) is 6.62. The summed E-state index contributed by atoms with van der Waals surface area (Å²) in [5.74, 6) is -1.43. The van der Waals surface area contributed by atoms with Gasteiger partial charge >= 0.3 is 6.18 Å². The van der Waals surface area contributed by atoms with Gasteiger partial charge in [0.25, 0.3) is 15.6 Å². The Labute approximate surface area is 224 Å². The van der Waals surface area contributed by atoms with Gasteiger partial charge in [-0.15, -0.1) is 0 Å². The number of sulfonamides is 1. The number of hydrogen-bond donors (Lipinski definition) is 0. The van der Waals surface area contributed by atoms with Crippen LogP contribution in [0.2, 0.25) is 0 Å². The van der Waals surface area contributed by atoms with E-state index in [2.05, 4.69) is 5.16 Å². The molecule has 0 radical (unpaired) electrons. The first-order chi connectivity index (χ1) is 18.9. The molecule has 0 spiro atoms. The Morgan fingerprint density at radius 3 is 2.45 bits per heavy atom. The van der Waals surface area contributed by atoms with Crippen LogP contribution in [0.3, 0.4) is 0 Å². The third-order valence-corrected chi connectivity index (χ3v) is 7.89. The van der Waals surface area contributed by atoms with E-state index in [1.54, 1.807) is 13.2 Å². The van der Waals surface area contributed by atoms with Crippen LogP contribution in [0.5, 0.6) is 5.75 Å². The molecular formula is C27H19F4N3O5S. The fourth-order valence-electron chi connectivity index (χ4n) is 4.20. The molecule has 40 heavy (non-hydrogen) atoms. The number of aryl methyl sites for hydroxylation is 1. The number of nitrogens with zero attached hydrogens (tertiary/aromatic N) is 3. The van der Waals surface area contributed by atoms with E-state index >= 15 is 4.39 Å². The quantitative estimate of drug-likeness (QED) is 0.235. The van der Waals surface area contributed by atoms with Crippen molar-refractivity contribution in [1.82, 2.24) is 9.72 Å². The van der Waals surface area contributed by atoms with Crippen molar-refractivity contribution in [2.45, 2.75) is 11.1 Å². The first-order valence-electron chi connectivity index (χ1n) is 11.5. The van der Waals surface area contributed by atoms with Crippen molar-refractivity contribution in [3.8, 4) is 16.9 Å². The number of anilines is 2. The Morgan fingerprint density at radius 1 is 1.00 bits per heavy atom. The number of aromatic nitrogens is 2. The van der Waals surface area contributed by atoms with E-state index < -0.39 is 27.6 Å². The lowest BCUT2D eigenvalue weighted by atomic mass is 10.0. The summed E-state index contributed by atoms with van der Waals surface area (Å²) in [5, 5.41) is 4.66. The van der Waals surface area contributed by atoms with Crippen molar-refractivity contribution < 1.29 is 35.2 Å². The third-order valence-electron chi connectivity index (χ3n) is 6.18. The molecule has 0 saturated heterocycles. The van der Waals surface area contributed by atoms with Crippen LogP contribution in [0.1, 0.15) is 5.56 Å². The van der Waals surface area contributed by atoms with Crippen molar-refractivity contribution in [2.24, 2.45) is 7.05 Å². The van der Waals surface area contributed by atoms with Crippen LogP contribution in [0.4, 0.5) is 29.1 Å². The third kappa shape index (κ3) is 4.79. The van der Waals surface area contributed by atoms with Crippen molar-refractivity contribution in [3.63, 3.8) is 0 Å². The number of rotatable bonds is 6. The summed E-state index contributed by atoms with van der Waals surface area (Å²) < 4.78 is 95.5. The van der Waals surface area contributed by atoms with Gasteiger partial charge in [0, 0.05) is 37.0 Å². The smallest absolute Gasteiger partial charge is 0.416 e. The van der Waals surface area contributed by atoms with Crippen molar-refractivity contribution in [2.75, 3.05) is 11.4 Å². The lowest BCUT2D eigenvalue weighted by Crippen LogP contribution is -2.27. The Morgan fingerprint density at radius 2 is 1.77 bits per heavy atom. The zero-order valence-electron chi connectivity index (χ0n) is 20.8. The normalized spacial score (nSPS) is 12.1. The highest BCUT2D eigenvalue weighted by Gasteiger charge is 2.33. The highest BCUT2D eigenvalue weighted by molar-refractivity contribution is 7.93. The molecule has 2 heterocycles. The molecule has 5 rings (SSSR count). The van der Waals surface area contributed by atoms with Gasteiger partial charge in [0.2, 0.25) is 0 Å². The van der Waals surface area contributed by atoms with Gasteiger partial charge < -0.3 is 13.8 Å². The second kappa shape index (κ2) is 9.83. The van der Waals surface area contributed by atoms with Gasteiger partial charge in [0.1, 0.15) is 23.5 Å². The summed E-state index contributed by atoms with van der Waals surface area (Å²) in [6, 6.07) is 12.6. The average molecular weight is 574 g/mol. The van der Waals surface area contributed by atoms with E-state index in [0.29, 0.717) is 15.1 Å². The number of benzene rings is 3. The van der Waals surface area contributed by atoms with Gasteiger partial charge in [0.05, 0.1) is 17.6 Å². The highest BCUT2D eigenvalue weighted by atomic mass is 32.2. The van der Waals surface area contributed by atoms with E-state index in [-0.39, 0.29) is 38.8 Å². The second-order valence-corrected chi connectivity index (χ2v) is 10.5. The zero-order valence-corrected chi connectivity index (χ0v) is 21.6. The number of hydrogen-bond acceptors (Lipinski definition) is 6. The highest BCUT2D eigenvalue weighted by Crippen LogP contribution is 2.42. The summed E-state index contributed by atoms with van der Waals surface area (Å²) in [6.45, 7) is 0. The molecule has 13 heteroatoms. The van der Waals surface area contributed by atoms with Crippen molar-refractivity contribution in [1.29, 1.82) is 0 Å². The Balaban J connectivity index is 1.69. The lowest BCUT2D eigenvalue weighted by Gasteiger charge is -2.24. The second-order valence-electron chi connectivity index (χ2n) is 8.72. The molecule has 0 atom stereocenters. The fourth-order valence-corrected chi connectivity index (χ4v) is 5.67. The van der Waals surface area contributed by atoms with Crippen molar-refractivity contribution in [3.05, 3.63) is 101 Å². The summed E-state index contributed by atoms with van der Waals surface area (Å²) in [5.41, 5.74) is -1.99. The molecule has 0 aliphatic heterocycles. The topological polar surface area (TPSA) is 94.6 Å². The van der Waals surface area contributed by atoms with Crippen LogP contribution >= 0.6 is 0 Å². The van der Waals surface area contributed by atoms with Gasteiger partial charge in [-0.05, 0) is 46.7 Å². The molecule has 2 aromatic heterocycles. The number of alkyl halides is 3. The van der Waals surface area contributed by atoms with Crippen LogP contribution < -0.4 is 14.6 Å². The molecule has 0 saturated carbocycles. The van der Waals surface area contributed by atoms with E-state index in [4.69, 9.17) is 9.26 Å². The van der Waals surface area contributed by atoms with E-state index in [0.717, 1.165) is 36.6 Å². The van der Waals surface area contributed by atoms with Gasteiger partial charge in [-0.2, -0.15) is 13.2 Å². The maximum Gasteiger partial charge on any atom is 0.416 e. The molecule has 206 valence electrons. The number of pyridine rings is 1. The molecule has 3 aromatic carbocycles. The minimum absolute atomic E-state index is 0.0934. The lowest BCUT2D eigenvalue weighted by molar-refractivity contribution is -0.137. The molecule has 0 aliphatic rings. The Bertz CT molecular complexity index is 1900. The summed E-state index contributed by atoms with van der Waals surface area (Å²) in [7, 11) is -1.78. The van der Waals surface area contributed by atoms with E-state index in [9.17, 15) is 26.4 Å². The van der Waals surface area contributed by atoms with Crippen LogP contribution in [-0.4, -0.2) is 25.3 Å². The molecule has 8 nitrogen and oxygen atoms in total. The number of fused-ring (bicyclic) bond motifs is 1. The molecule has 0 N–H and O–H groups in total. The molecule has 0 unspecified atom stereocenters. The van der Waals surface area contributed by atoms with Gasteiger partial charge in [0.15, 0.2) is 5.82 Å². The fraction of sp³-hybridized carbons (Fsp3) is 0.111. The predicted octanol–water partition coefficient (Wildman–Crippen LogP) is 5.89. The standard InChI is InChI=1S/C27H19F4N3O5S/c1-33-15-17-6-7-20(11-18(17)12-26(33)35)40(36,37)34(25-8-9-39-32-25)23-14-22(28)21(13-24(23)38-2)16-4-3-5-19(10-16)27(29,30)31/h3-15H,1-2H3. The number of ether oxygens (including phenoxy) is 1. The molecule has 5 aromatic rings. The van der Waals surface area contributed by atoms with Crippen LogP contribution in [0.25, 0.3) is 21.9 Å². The van der Waals surface area contributed by atoms with E-state index in [1.165, 1.54) is 48.1 Å². The molecule has 0 amide bonds. The van der Waals surface area contributed by atoms with Crippen LogP contribution in [-0.2, 0) is 23.2 Å². The monoisotopic (exact) mass is 573 g/mol. The average Bonchev–Trinajstić information content (AvgIpc) is 3.43. The van der Waals surface area contributed by atoms with E-state index in [1.807, 2.05) is 0 Å². The first-order valence-corrected chi connectivity index (χ1v) is 13.0. The van der Waals surface area contributed by atoms with Gasteiger partial charge in [-0.25, -0.2) is 17.1 Å². The van der Waals surface area contributed by atoms with Gasteiger partial charge in [-0.1, -0.05) is 23.4 Å². The molecule has 0 aliphatic carbocycles. The summed E-state index contributed by atoms with van der Waals surface area (Å²) >= 11 is 0. The maximum atomic E-state index is 15.5. The van der Waals surface area contributed by atoms with Crippen LogP contribution in [0, 0.1) is 5.82 Å². The minimum atomic E-state index is -4.65. The molecule has 0 fully saturated rings. The summed E-state index contributed by atoms with van der Waals surface area (Å²) in [4.78, 5) is 11.9. The number of halogens is 4. The SMILES string of the molecule is COc1cc(-c2cccc(C(F)(F)F)c2)c(F)cc1N(c1ccon1)S(=O)(=O)c1ccc2cn(C)c(=O)cc2c1. The van der Waals surface area contributed by atoms with Gasteiger partial charge in [-0.3, -0.25) is 4.79 Å². The molecule has 0 bridgehead atoms. The maximum absolute atomic E-state index is 15.5. The van der Waals surface area contributed by atoms with Crippen molar-refractivity contribution >= 4 is 32.3 Å². The Hall–Kier alpha value is -4.65. The predicted molar refractivity (Wildman–Crippen MR) is 138 cm³/mol. The largest absolute Gasteiger partial charge is 0.495 e. The summed E-state index contributed by atoms with van der Waals surface area (Å²) in [6.07, 6.45) is -1.99. The molecular weight excluding hydrogens is 554 g/mol. The zero-order chi connectivity index (χ0) is 28.8. The minimum Gasteiger partial charge on any atom is -0.495 e. The number of methoxy groups -OCH3 is 1. The van der Waals surface area contributed by atoms with Crippen LogP contribution in [0.15, 0.2) is 93.4 Å². The first kappa shape index (κ1) is 26.9.